The van der Waals surface area contributed by atoms with E-state index in [2.05, 4.69) is 20.8 Å². The molecule has 0 radical (unpaired) electrons. The highest BCUT2D eigenvalue weighted by molar-refractivity contribution is 5.01. The maximum absolute atomic E-state index is 10.1. The summed E-state index contributed by atoms with van der Waals surface area (Å²) in [6.45, 7) is 7.16. The fourth-order valence-electron chi connectivity index (χ4n) is 4.41. The topological polar surface area (TPSA) is 20.2 Å². The third-order valence-electron chi connectivity index (χ3n) is 5.49. The van der Waals surface area contributed by atoms with Crippen molar-refractivity contribution in [3.05, 3.63) is 0 Å². The normalized spacial score (nSPS) is 47.6. The van der Waals surface area contributed by atoms with Crippen molar-refractivity contribution in [1.82, 2.24) is 0 Å². The molecule has 2 aliphatic rings. The molecule has 0 bridgehead atoms. The zero-order valence-electron chi connectivity index (χ0n) is 10.5. The van der Waals surface area contributed by atoms with Gasteiger partial charge in [-0.05, 0) is 48.9 Å². The van der Waals surface area contributed by atoms with Crippen LogP contribution in [-0.4, -0.2) is 11.2 Å². The van der Waals surface area contributed by atoms with E-state index in [-0.39, 0.29) is 6.10 Å². The molecular weight excluding hydrogens is 184 g/mol. The fraction of sp³-hybridized carbons (Fsp3) is 1.00. The molecule has 0 aromatic carbocycles. The molecule has 0 aliphatic heterocycles. The Balaban J connectivity index is 2.17. The predicted octanol–water partition coefficient (Wildman–Crippen LogP) is 3.61. The first-order chi connectivity index (χ1) is 7.09. The lowest BCUT2D eigenvalue weighted by Gasteiger charge is -2.45. The first kappa shape index (κ1) is 11.4. The van der Waals surface area contributed by atoms with E-state index in [9.17, 15) is 5.11 Å². The zero-order chi connectivity index (χ0) is 11.1. The monoisotopic (exact) mass is 210 g/mol. The third-order valence-corrected chi connectivity index (χ3v) is 5.49. The first-order valence-electron chi connectivity index (χ1n) is 6.77. The van der Waals surface area contributed by atoms with Crippen LogP contribution in [0.3, 0.4) is 0 Å². The van der Waals surface area contributed by atoms with Gasteiger partial charge < -0.3 is 5.11 Å². The average molecular weight is 210 g/mol. The second kappa shape index (κ2) is 4.08. The van der Waals surface area contributed by atoms with Crippen molar-refractivity contribution in [3.63, 3.8) is 0 Å². The largest absolute Gasteiger partial charge is 0.393 e. The van der Waals surface area contributed by atoms with E-state index >= 15 is 0 Å². The minimum absolute atomic E-state index is 0.00203. The van der Waals surface area contributed by atoms with Gasteiger partial charge >= 0.3 is 0 Å². The Kier molecular flexibility index (Phi) is 3.12. The Bertz CT molecular complexity index is 225. The average Bonchev–Trinajstić information content (AvgIpc) is 2.56. The number of aliphatic hydroxyl groups excluding tert-OH is 1. The van der Waals surface area contributed by atoms with Crippen molar-refractivity contribution in [3.8, 4) is 0 Å². The smallest absolute Gasteiger partial charge is 0.0573 e. The lowest BCUT2D eigenvalue weighted by atomic mass is 9.61. The maximum Gasteiger partial charge on any atom is 0.0573 e. The number of rotatable bonds is 2. The standard InChI is InChI=1S/C14H26O/c1-4-10(2)11-7-8-12-13(15)6-5-9-14(11,12)3/h10-13,15H,4-9H2,1-3H3. The van der Waals surface area contributed by atoms with E-state index in [0.29, 0.717) is 11.3 Å². The molecule has 0 heterocycles. The molecule has 2 rings (SSSR count). The zero-order valence-corrected chi connectivity index (χ0v) is 10.5. The van der Waals surface area contributed by atoms with Gasteiger partial charge in [-0.3, -0.25) is 0 Å². The van der Waals surface area contributed by atoms with Gasteiger partial charge in [0.05, 0.1) is 6.10 Å². The second-order valence-corrected chi connectivity index (χ2v) is 6.14. The number of hydrogen-bond acceptors (Lipinski definition) is 1. The Morgan fingerprint density at radius 2 is 2.07 bits per heavy atom. The van der Waals surface area contributed by atoms with Crippen LogP contribution in [0.1, 0.15) is 59.3 Å². The number of fused-ring (bicyclic) bond motifs is 1. The van der Waals surface area contributed by atoms with E-state index in [0.717, 1.165) is 18.3 Å². The van der Waals surface area contributed by atoms with Crippen LogP contribution in [0.4, 0.5) is 0 Å². The highest BCUT2D eigenvalue weighted by Gasteiger charge is 2.51. The molecule has 0 aromatic heterocycles. The first-order valence-corrected chi connectivity index (χ1v) is 6.77. The highest BCUT2D eigenvalue weighted by atomic mass is 16.3. The second-order valence-electron chi connectivity index (χ2n) is 6.14. The Hall–Kier alpha value is -0.0400. The van der Waals surface area contributed by atoms with E-state index in [1.807, 2.05) is 0 Å². The Labute approximate surface area is 94.3 Å². The van der Waals surface area contributed by atoms with Crippen molar-refractivity contribution < 1.29 is 5.11 Å². The van der Waals surface area contributed by atoms with Gasteiger partial charge in [-0.25, -0.2) is 0 Å². The molecule has 1 nitrogen and oxygen atoms in total. The van der Waals surface area contributed by atoms with Crippen LogP contribution < -0.4 is 0 Å². The molecule has 88 valence electrons. The molecule has 2 fully saturated rings. The quantitative estimate of drug-likeness (QED) is 0.738. The summed E-state index contributed by atoms with van der Waals surface area (Å²) in [4.78, 5) is 0. The molecule has 0 amide bonds. The van der Waals surface area contributed by atoms with Crippen molar-refractivity contribution >= 4 is 0 Å². The lowest BCUT2D eigenvalue weighted by Crippen LogP contribution is -2.41. The van der Waals surface area contributed by atoms with Gasteiger partial charge in [-0.2, -0.15) is 0 Å². The van der Waals surface area contributed by atoms with Gasteiger partial charge in [-0.1, -0.05) is 33.6 Å². The van der Waals surface area contributed by atoms with Crippen LogP contribution in [0, 0.1) is 23.2 Å². The van der Waals surface area contributed by atoms with Crippen LogP contribution in [0.5, 0.6) is 0 Å². The van der Waals surface area contributed by atoms with Gasteiger partial charge in [0.15, 0.2) is 0 Å². The van der Waals surface area contributed by atoms with Gasteiger partial charge in [0.1, 0.15) is 0 Å². The van der Waals surface area contributed by atoms with E-state index in [1.54, 1.807) is 0 Å². The molecular formula is C14H26O. The summed E-state index contributed by atoms with van der Waals surface area (Å²) in [5, 5.41) is 10.1. The summed E-state index contributed by atoms with van der Waals surface area (Å²) >= 11 is 0. The molecule has 15 heavy (non-hydrogen) atoms. The SMILES string of the molecule is CCC(C)C1CCC2C(O)CCCC12C. The molecule has 1 N–H and O–H groups in total. The van der Waals surface area contributed by atoms with Crippen LogP contribution in [0.25, 0.3) is 0 Å². The van der Waals surface area contributed by atoms with E-state index < -0.39 is 0 Å². The van der Waals surface area contributed by atoms with Crippen LogP contribution >= 0.6 is 0 Å². The van der Waals surface area contributed by atoms with Crippen molar-refractivity contribution in [2.45, 2.75) is 65.4 Å². The summed E-state index contributed by atoms with van der Waals surface area (Å²) in [7, 11) is 0. The van der Waals surface area contributed by atoms with Gasteiger partial charge in [0, 0.05) is 0 Å². The molecule has 5 unspecified atom stereocenters. The lowest BCUT2D eigenvalue weighted by molar-refractivity contribution is -0.0272. The molecule has 5 atom stereocenters. The summed E-state index contributed by atoms with van der Waals surface area (Å²) in [6.07, 6.45) is 7.55. The van der Waals surface area contributed by atoms with Crippen molar-refractivity contribution in [1.29, 1.82) is 0 Å². The fourth-order valence-corrected chi connectivity index (χ4v) is 4.41. The maximum atomic E-state index is 10.1. The van der Waals surface area contributed by atoms with Gasteiger partial charge in [0.2, 0.25) is 0 Å². The van der Waals surface area contributed by atoms with Crippen molar-refractivity contribution in [2.75, 3.05) is 0 Å². The summed E-state index contributed by atoms with van der Waals surface area (Å²) in [6, 6.07) is 0. The van der Waals surface area contributed by atoms with E-state index in [1.165, 1.54) is 32.1 Å². The van der Waals surface area contributed by atoms with Gasteiger partial charge in [0.25, 0.3) is 0 Å². The number of aliphatic hydroxyl groups is 1. The van der Waals surface area contributed by atoms with E-state index in [4.69, 9.17) is 0 Å². The molecule has 0 aromatic rings. The molecule has 0 spiro atoms. The summed E-state index contributed by atoms with van der Waals surface area (Å²) < 4.78 is 0. The minimum atomic E-state index is -0.00203. The number of hydrogen-bond donors (Lipinski definition) is 1. The predicted molar refractivity (Wildman–Crippen MR) is 63.6 cm³/mol. The van der Waals surface area contributed by atoms with Crippen LogP contribution in [0.2, 0.25) is 0 Å². The van der Waals surface area contributed by atoms with Crippen molar-refractivity contribution in [2.24, 2.45) is 23.2 Å². The molecule has 1 heteroatoms. The van der Waals surface area contributed by atoms with Crippen LogP contribution in [0.15, 0.2) is 0 Å². The summed E-state index contributed by atoms with van der Waals surface area (Å²) in [5.41, 5.74) is 0.451. The molecule has 0 saturated heterocycles. The highest BCUT2D eigenvalue weighted by Crippen LogP contribution is 2.57. The molecule has 2 saturated carbocycles. The minimum Gasteiger partial charge on any atom is -0.393 e. The summed E-state index contributed by atoms with van der Waals surface area (Å²) in [5.74, 6) is 2.30. The third kappa shape index (κ3) is 1.73. The van der Waals surface area contributed by atoms with Crippen LogP contribution in [-0.2, 0) is 0 Å². The Morgan fingerprint density at radius 1 is 1.33 bits per heavy atom. The Morgan fingerprint density at radius 3 is 2.73 bits per heavy atom. The molecule has 2 aliphatic carbocycles. The van der Waals surface area contributed by atoms with Gasteiger partial charge in [-0.15, -0.1) is 0 Å².